The zero-order valence-corrected chi connectivity index (χ0v) is 16.1. The average Bonchev–Trinajstić information content (AvgIpc) is 2.95. The van der Waals surface area contributed by atoms with E-state index in [4.69, 9.17) is 9.15 Å². The summed E-state index contributed by atoms with van der Waals surface area (Å²) in [6.07, 6.45) is 5.55. The van der Waals surface area contributed by atoms with E-state index in [0.717, 1.165) is 36.8 Å². The van der Waals surface area contributed by atoms with Crippen molar-refractivity contribution in [3.63, 3.8) is 0 Å². The van der Waals surface area contributed by atoms with Gasteiger partial charge >= 0.3 is 5.97 Å². The molecule has 0 aliphatic heterocycles. The number of carbonyl (C=O) groups excluding carboxylic acids is 2. The second kappa shape index (κ2) is 6.62. The van der Waals surface area contributed by atoms with Crippen LogP contribution in [0, 0.1) is 30.1 Å². The van der Waals surface area contributed by atoms with Gasteiger partial charge in [-0.2, -0.15) is 0 Å². The van der Waals surface area contributed by atoms with Gasteiger partial charge < -0.3 is 9.15 Å². The molecule has 0 saturated heterocycles. The van der Waals surface area contributed by atoms with E-state index in [1.807, 2.05) is 6.92 Å². The number of carbonyl (C=O) groups is 2. The monoisotopic (exact) mass is 346 g/mol. The number of ether oxygens (including phenoxy) is 1. The van der Waals surface area contributed by atoms with E-state index in [-0.39, 0.29) is 23.1 Å². The van der Waals surface area contributed by atoms with Gasteiger partial charge in [-0.15, -0.1) is 0 Å². The normalized spacial score (nSPS) is 32.7. The highest BCUT2D eigenvalue weighted by Gasteiger charge is 2.58. The quantitative estimate of drug-likeness (QED) is 0.699. The molecule has 25 heavy (non-hydrogen) atoms. The molecule has 0 amide bonds. The summed E-state index contributed by atoms with van der Waals surface area (Å²) in [4.78, 5) is 25.6. The molecule has 4 nitrogen and oxygen atoms in total. The Morgan fingerprint density at radius 3 is 2.84 bits per heavy atom. The molecule has 5 atom stereocenters. The van der Waals surface area contributed by atoms with Crippen molar-refractivity contribution in [1.29, 1.82) is 0 Å². The Labute approximate surface area is 150 Å². The number of furan rings is 1. The van der Waals surface area contributed by atoms with Crippen molar-refractivity contribution in [3.05, 3.63) is 23.2 Å². The second-order valence-electron chi connectivity index (χ2n) is 8.36. The van der Waals surface area contributed by atoms with Crippen molar-refractivity contribution in [2.75, 3.05) is 0 Å². The minimum atomic E-state index is -0.393. The number of aryl methyl sites for hydroxylation is 1. The van der Waals surface area contributed by atoms with Gasteiger partial charge in [0, 0.05) is 23.3 Å². The molecule has 4 heteroatoms. The van der Waals surface area contributed by atoms with Crippen LogP contribution in [-0.4, -0.2) is 11.8 Å². The summed E-state index contributed by atoms with van der Waals surface area (Å²) < 4.78 is 11.7. The molecule has 0 bridgehead atoms. The Hall–Kier alpha value is -1.58. The summed E-state index contributed by atoms with van der Waals surface area (Å²) in [6.45, 7) is 10.4. The van der Waals surface area contributed by atoms with E-state index < -0.39 is 6.10 Å². The number of ketones is 1. The van der Waals surface area contributed by atoms with Gasteiger partial charge in [0.15, 0.2) is 5.76 Å². The van der Waals surface area contributed by atoms with Gasteiger partial charge in [0.1, 0.15) is 6.10 Å². The van der Waals surface area contributed by atoms with Crippen molar-refractivity contribution < 1.29 is 18.7 Å². The summed E-state index contributed by atoms with van der Waals surface area (Å²) in [7, 11) is 0. The van der Waals surface area contributed by atoms with Crippen LogP contribution in [-0.2, 0) is 9.53 Å². The van der Waals surface area contributed by atoms with E-state index in [1.165, 1.54) is 0 Å². The van der Waals surface area contributed by atoms with E-state index in [1.54, 1.807) is 6.26 Å². The molecule has 1 aromatic heterocycles. The molecule has 2 aliphatic carbocycles. The fourth-order valence-electron chi connectivity index (χ4n) is 4.68. The Morgan fingerprint density at radius 2 is 2.16 bits per heavy atom. The maximum Gasteiger partial charge on any atom is 0.306 e. The predicted molar refractivity (Wildman–Crippen MR) is 95.3 cm³/mol. The number of hydrogen-bond acceptors (Lipinski definition) is 4. The third-order valence-corrected chi connectivity index (χ3v) is 6.79. The summed E-state index contributed by atoms with van der Waals surface area (Å²) >= 11 is 0. The van der Waals surface area contributed by atoms with Gasteiger partial charge in [-0.25, -0.2) is 0 Å². The average molecular weight is 346 g/mol. The molecule has 0 spiro atoms. The van der Waals surface area contributed by atoms with Crippen LogP contribution >= 0.6 is 0 Å². The van der Waals surface area contributed by atoms with Crippen LogP contribution in [0.2, 0.25) is 0 Å². The van der Waals surface area contributed by atoms with E-state index in [0.29, 0.717) is 24.0 Å². The number of rotatable bonds is 4. The molecule has 0 aromatic carbocycles. The van der Waals surface area contributed by atoms with Crippen LogP contribution in [0.3, 0.4) is 0 Å². The molecule has 0 radical (unpaired) electrons. The topological polar surface area (TPSA) is 56.5 Å². The van der Waals surface area contributed by atoms with E-state index in [9.17, 15) is 9.59 Å². The SMILES string of the molecule is CC[C@H](C)CC(=O)O[C@@H]1c2c(C)coc2C(=O)[C@@H]2CCC[C@H](C)[C@]12C. The molecule has 2 aliphatic rings. The summed E-state index contributed by atoms with van der Waals surface area (Å²) in [5.74, 6) is 0.824. The van der Waals surface area contributed by atoms with Gasteiger partial charge in [-0.3, -0.25) is 9.59 Å². The Morgan fingerprint density at radius 1 is 1.44 bits per heavy atom. The minimum absolute atomic E-state index is 0.0892. The number of hydrogen-bond donors (Lipinski definition) is 0. The third kappa shape index (κ3) is 2.84. The maximum absolute atomic E-state index is 13.0. The zero-order valence-electron chi connectivity index (χ0n) is 16.1. The Kier molecular flexibility index (Phi) is 4.82. The van der Waals surface area contributed by atoms with Crippen LogP contribution in [0.1, 0.15) is 87.6 Å². The first-order valence-corrected chi connectivity index (χ1v) is 9.62. The van der Waals surface area contributed by atoms with Crippen LogP contribution in [0.5, 0.6) is 0 Å². The fraction of sp³-hybridized carbons (Fsp3) is 0.714. The van der Waals surface area contributed by atoms with Gasteiger partial charge in [0.25, 0.3) is 0 Å². The van der Waals surface area contributed by atoms with Crippen molar-refractivity contribution in [1.82, 2.24) is 0 Å². The van der Waals surface area contributed by atoms with Crippen LogP contribution in [0.4, 0.5) is 0 Å². The lowest BCUT2D eigenvalue weighted by molar-refractivity contribution is -0.167. The number of Topliss-reactive ketones (excluding diaryl/α,β-unsaturated/α-hetero) is 1. The molecule has 3 rings (SSSR count). The molecule has 1 saturated carbocycles. The van der Waals surface area contributed by atoms with Gasteiger partial charge in [-0.05, 0) is 37.2 Å². The fourth-order valence-corrected chi connectivity index (χ4v) is 4.68. The highest BCUT2D eigenvalue weighted by molar-refractivity contribution is 5.99. The molecule has 0 N–H and O–H groups in total. The largest absolute Gasteiger partial charge is 0.461 e. The molecule has 0 unspecified atom stereocenters. The van der Waals surface area contributed by atoms with Crippen LogP contribution in [0.25, 0.3) is 0 Å². The van der Waals surface area contributed by atoms with Gasteiger partial charge in [-0.1, -0.05) is 40.5 Å². The lowest BCUT2D eigenvalue weighted by Gasteiger charge is -2.51. The highest BCUT2D eigenvalue weighted by atomic mass is 16.5. The van der Waals surface area contributed by atoms with Gasteiger partial charge in [0.05, 0.1) is 6.26 Å². The molecular weight excluding hydrogens is 316 g/mol. The van der Waals surface area contributed by atoms with Crippen molar-refractivity contribution in [2.45, 2.75) is 72.8 Å². The molecule has 1 aromatic rings. The molecule has 1 heterocycles. The summed E-state index contributed by atoms with van der Waals surface area (Å²) in [5.41, 5.74) is 1.35. The number of fused-ring (bicyclic) bond motifs is 2. The first-order chi connectivity index (χ1) is 11.8. The summed E-state index contributed by atoms with van der Waals surface area (Å²) in [6, 6.07) is 0. The molecular formula is C21H30O4. The lowest BCUT2D eigenvalue weighted by Crippen LogP contribution is -2.50. The smallest absolute Gasteiger partial charge is 0.306 e. The highest BCUT2D eigenvalue weighted by Crippen LogP contribution is 2.59. The minimum Gasteiger partial charge on any atom is -0.461 e. The standard InChI is InChI=1S/C21H30O4/c1-6-12(2)10-16(22)25-20-17-13(3)11-24-19(17)18(23)15-9-7-8-14(4)21(15,20)5/h11-12,14-15,20H,6-10H2,1-5H3/t12-,14-,15-,20+,21-/m0/s1. The van der Waals surface area contributed by atoms with Crippen LogP contribution < -0.4 is 0 Å². The Bertz CT molecular complexity index is 673. The van der Waals surface area contributed by atoms with E-state index in [2.05, 4.69) is 27.7 Å². The molecule has 1 fully saturated rings. The van der Waals surface area contributed by atoms with E-state index >= 15 is 0 Å². The van der Waals surface area contributed by atoms with Crippen molar-refractivity contribution >= 4 is 11.8 Å². The maximum atomic E-state index is 13.0. The third-order valence-electron chi connectivity index (χ3n) is 6.79. The predicted octanol–water partition coefficient (Wildman–Crippen LogP) is 5.25. The zero-order chi connectivity index (χ0) is 18.4. The second-order valence-corrected chi connectivity index (χ2v) is 8.36. The molecule has 138 valence electrons. The van der Waals surface area contributed by atoms with Crippen molar-refractivity contribution in [3.8, 4) is 0 Å². The number of esters is 1. The van der Waals surface area contributed by atoms with Gasteiger partial charge in [0.2, 0.25) is 5.78 Å². The first kappa shape index (κ1) is 18.2. The Balaban J connectivity index is 2.02. The lowest BCUT2D eigenvalue weighted by atomic mass is 9.54. The van der Waals surface area contributed by atoms with Crippen LogP contribution in [0.15, 0.2) is 10.7 Å². The summed E-state index contributed by atoms with van der Waals surface area (Å²) in [5, 5.41) is 0. The first-order valence-electron chi connectivity index (χ1n) is 9.62. The van der Waals surface area contributed by atoms with Crippen molar-refractivity contribution in [2.24, 2.45) is 23.2 Å².